The maximum Gasteiger partial charge on any atom is 0.203 e. The smallest absolute Gasteiger partial charge is 0.203 e. The number of nitrogen functional groups attached to an aromatic ring is 1. The number of nitrogens with one attached hydrogen (secondary N) is 1. The lowest BCUT2D eigenvalue weighted by Crippen LogP contribution is -1.99. The lowest BCUT2D eigenvalue weighted by Gasteiger charge is -2.15. The van der Waals surface area contributed by atoms with E-state index in [4.69, 9.17) is 19.9 Å². The monoisotopic (exact) mass is 275 g/mol. The van der Waals surface area contributed by atoms with E-state index in [9.17, 15) is 0 Å². The van der Waals surface area contributed by atoms with E-state index in [1.807, 2.05) is 0 Å². The van der Waals surface area contributed by atoms with Gasteiger partial charge in [-0.05, 0) is 6.07 Å². The number of nitrogens with two attached hydrogens (primary N) is 1. The van der Waals surface area contributed by atoms with Crippen LogP contribution in [0.2, 0.25) is 0 Å². The molecule has 2 aromatic rings. The molecule has 20 heavy (non-hydrogen) atoms. The Hall–Kier alpha value is -2.63. The van der Waals surface area contributed by atoms with Crippen molar-refractivity contribution >= 4 is 17.1 Å². The first-order chi connectivity index (χ1) is 9.69. The molecular formula is C14H17N3O3. The van der Waals surface area contributed by atoms with Crippen molar-refractivity contribution in [2.75, 3.05) is 32.4 Å². The topological polar surface area (TPSA) is 78.6 Å². The molecule has 0 saturated carbocycles. The number of anilines is 3. The summed E-state index contributed by atoms with van der Waals surface area (Å²) in [5.41, 5.74) is 7.94. The van der Waals surface area contributed by atoms with Gasteiger partial charge in [-0.1, -0.05) is 0 Å². The zero-order valence-corrected chi connectivity index (χ0v) is 11.6. The number of rotatable bonds is 5. The van der Waals surface area contributed by atoms with Gasteiger partial charge in [0, 0.05) is 24.0 Å². The summed E-state index contributed by atoms with van der Waals surface area (Å²) in [7, 11) is 4.71. The quantitative estimate of drug-likeness (QED) is 0.872. The van der Waals surface area contributed by atoms with E-state index < -0.39 is 0 Å². The maximum atomic E-state index is 5.85. The van der Waals surface area contributed by atoms with E-state index in [1.165, 1.54) is 0 Å². The molecule has 1 heterocycles. The van der Waals surface area contributed by atoms with Crippen LogP contribution in [0.4, 0.5) is 17.1 Å². The highest BCUT2D eigenvalue weighted by molar-refractivity contribution is 5.74. The van der Waals surface area contributed by atoms with Crippen molar-refractivity contribution < 1.29 is 14.2 Å². The van der Waals surface area contributed by atoms with E-state index in [2.05, 4.69) is 10.3 Å². The molecule has 0 unspecified atom stereocenters. The SMILES string of the molecule is COc1cc(Nc2ccncc2N)cc(OC)c1OC. The Morgan fingerprint density at radius 2 is 1.70 bits per heavy atom. The summed E-state index contributed by atoms with van der Waals surface area (Å²) < 4.78 is 15.9. The van der Waals surface area contributed by atoms with Crippen LogP contribution in [0.15, 0.2) is 30.6 Å². The normalized spacial score (nSPS) is 9.95. The summed E-state index contributed by atoms with van der Waals surface area (Å²) in [6.45, 7) is 0. The van der Waals surface area contributed by atoms with Crippen molar-refractivity contribution in [3.05, 3.63) is 30.6 Å². The summed E-state index contributed by atoms with van der Waals surface area (Å²) in [6, 6.07) is 5.40. The highest BCUT2D eigenvalue weighted by Gasteiger charge is 2.13. The third-order valence-corrected chi connectivity index (χ3v) is 2.80. The van der Waals surface area contributed by atoms with Crippen molar-refractivity contribution in [1.82, 2.24) is 4.98 Å². The van der Waals surface area contributed by atoms with Crippen molar-refractivity contribution in [2.24, 2.45) is 0 Å². The van der Waals surface area contributed by atoms with E-state index in [1.54, 1.807) is 51.9 Å². The highest BCUT2D eigenvalue weighted by Crippen LogP contribution is 2.40. The van der Waals surface area contributed by atoms with Crippen LogP contribution in [0.5, 0.6) is 17.2 Å². The average Bonchev–Trinajstić information content (AvgIpc) is 2.48. The number of benzene rings is 1. The van der Waals surface area contributed by atoms with Crippen molar-refractivity contribution in [3.63, 3.8) is 0 Å². The summed E-state index contributed by atoms with van der Waals surface area (Å²) in [6.07, 6.45) is 3.25. The number of hydrogen-bond acceptors (Lipinski definition) is 6. The van der Waals surface area contributed by atoms with Gasteiger partial charge in [0.2, 0.25) is 5.75 Å². The zero-order valence-electron chi connectivity index (χ0n) is 11.6. The van der Waals surface area contributed by atoms with Crippen molar-refractivity contribution in [2.45, 2.75) is 0 Å². The summed E-state index contributed by atoms with van der Waals surface area (Å²) in [5.74, 6) is 1.69. The fourth-order valence-corrected chi connectivity index (χ4v) is 1.83. The van der Waals surface area contributed by atoms with Crippen LogP contribution >= 0.6 is 0 Å². The second-order valence-electron chi connectivity index (χ2n) is 4.00. The third-order valence-electron chi connectivity index (χ3n) is 2.80. The third kappa shape index (κ3) is 2.69. The molecule has 106 valence electrons. The molecule has 2 rings (SSSR count). The highest BCUT2D eigenvalue weighted by atomic mass is 16.5. The number of ether oxygens (including phenoxy) is 3. The molecule has 1 aromatic carbocycles. The molecule has 1 aromatic heterocycles. The number of pyridine rings is 1. The number of hydrogen-bond donors (Lipinski definition) is 2. The molecule has 0 radical (unpaired) electrons. The number of methoxy groups -OCH3 is 3. The fraction of sp³-hybridized carbons (Fsp3) is 0.214. The van der Waals surface area contributed by atoms with Gasteiger partial charge in [0.15, 0.2) is 11.5 Å². The largest absolute Gasteiger partial charge is 0.493 e. The van der Waals surface area contributed by atoms with Gasteiger partial charge in [0.05, 0.1) is 38.9 Å². The number of nitrogens with zero attached hydrogens (tertiary/aromatic N) is 1. The Kier molecular flexibility index (Phi) is 4.14. The van der Waals surface area contributed by atoms with Gasteiger partial charge < -0.3 is 25.3 Å². The first kappa shape index (κ1) is 13.8. The van der Waals surface area contributed by atoms with Crippen LogP contribution in [-0.4, -0.2) is 26.3 Å². The molecule has 6 heteroatoms. The molecule has 0 bridgehead atoms. The molecule has 0 aliphatic carbocycles. The molecule has 0 fully saturated rings. The van der Waals surface area contributed by atoms with Crippen LogP contribution in [0.3, 0.4) is 0 Å². The minimum absolute atomic E-state index is 0.545. The molecule has 0 amide bonds. The molecule has 0 spiro atoms. The molecule has 0 aliphatic heterocycles. The Morgan fingerprint density at radius 3 is 2.20 bits per heavy atom. The van der Waals surface area contributed by atoms with Gasteiger partial charge in [0.1, 0.15) is 0 Å². The molecule has 0 aliphatic rings. The minimum atomic E-state index is 0.545. The summed E-state index contributed by atoms with van der Waals surface area (Å²) >= 11 is 0. The Morgan fingerprint density at radius 1 is 1.05 bits per heavy atom. The molecule has 0 saturated heterocycles. The lowest BCUT2D eigenvalue weighted by molar-refractivity contribution is 0.324. The van der Waals surface area contributed by atoms with E-state index in [-0.39, 0.29) is 0 Å². The summed E-state index contributed by atoms with van der Waals surface area (Å²) in [5, 5.41) is 3.19. The Balaban J connectivity index is 2.40. The number of aromatic nitrogens is 1. The average molecular weight is 275 g/mol. The molecular weight excluding hydrogens is 258 g/mol. The molecule has 6 nitrogen and oxygen atoms in total. The van der Waals surface area contributed by atoms with Gasteiger partial charge in [-0.15, -0.1) is 0 Å². The fourth-order valence-electron chi connectivity index (χ4n) is 1.83. The Bertz CT molecular complexity index is 577. The Labute approximate surface area is 117 Å². The standard InChI is InChI=1S/C14H17N3O3/c1-18-12-6-9(7-13(19-2)14(12)20-3)17-11-4-5-16-8-10(11)15/h4-8H,15H2,1-3H3,(H,16,17). The van der Waals surface area contributed by atoms with Gasteiger partial charge in [-0.3, -0.25) is 4.98 Å². The van der Waals surface area contributed by atoms with Crippen LogP contribution in [0.1, 0.15) is 0 Å². The molecule has 0 atom stereocenters. The summed E-state index contributed by atoms with van der Waals surface area (Å²) in [4.78, 5) is 3.95. The van der Waals surface area contributed by atoms with E-state index in [0.717, 1.165) is 11.4 Å². The van der Waals surface area contributed by atoms with Gasteiger partial charge in [0.25, 0.3) is 0 Å². The van der Waals surface area contributed by atoms with Gasteiger partial charge in [-0.25, -0.2) is 0 Å². The predicted molar refractivity (Wildman–Crippen MR) is 78.0 cm³/mol. The second-order valence-corrected chi connectivity index (χ2v) is 4.00. The van der Waals surface area contributed by atoms with Crippen LogP contribution < -0.4 is 25.3 Å². The maximum absolute atomic E-state index is 5.85. The first-order valence-corrected chi connectivity index (χ1v) is 5.96. The predicted octanol–water partition coefficient (Wildman–Crippen LogP) is 2.43. The van der Waals surface area contributed by atoms with E-state index in [0.29, 0.717) is 22.9 Å². The minimum Gasteiger partial charge on any atom is -0.493 e. The van der Waals surface area contributed by atoms with E-state index >= 15 is 0 Å². The van der Waals surface area contributed by atoms with Gasteiger partial charge >= 0.3 is 0 Å². The van der Waals surface area contributed by atoms with Crippen molar-refractivity contribution in [1.29, 1.82) is 0 Å². The van der Waals surface area contributed by atoms with Gasteiger partial charge in [-0.2, -0.15) is 0 Å². The second kappa shape index (κ2) is 6.01. The van der Waals surface area contributed by atoms with Crippen LogP contribution in [0, 0.1) is 0 Å². The van der Waals surface area contributed by atoms with Crippen LogP contribution in [0.25, 0.3) is 0 Å². The van der Waals surface area contributed by atoms with Crippen molar-refractivity contribution in [3.8, 4) is 17.2 Å². The molecule has 3 N–H and O–H groups in total. The zero-order chi connectivity index (χ0) is 14.5. The van der Waals surface area contributed by atoms with Crippen LogP contribution in [-0.2, 0) is 0 Å². The lowest BCUT2D eigenvalue weighted by atomic mass is 10.2. The first-order valence-electron chi connectivity index (χ1n) is 5.96.